The fraction of sp³-hybridized carbons (Fsp3) is 0.750. The van der Waals surface area contributed by atoms with Crippen molar-refractivity contribution in [2.45, 2.75) is 117 Å². The van der Waals surface area contributed by atoms with Gasteiger partial charge < -0.3 is 33.4 Å². The molecular formula is C32H48BFO9. The van der Waals surface area contributed by atoms with E-state index in [1.165, 1.54) is 0 Å². The molecule has 0 aromatic heterocycles. The molecule has 240 valence electrons. The first-order chi connectivity index (χ1) is 19.9. The van der Waals surface area contributed by atoms with Gasteiger partial charge in [0.05, 0.1) is 24.9 Å². The summed E-state index contributed by atoms with van der Waals surface area (Å²) in [6, 6.07) is 3.32. The van der Waals surface area contributed by atoms with Gasteiger partial charge in [-0.15, -0.1) is 0 Å². The van der Waals surface area contributed by atoms with Crippen LogP contribution in [0.1, 0.15) is 103 Å². The molecule has 0 amide bonds. The number of aliphatic hydroxyl groups is 1. The molecule has 4 fully saturated rings. The van der Waals surface area contributed by atoms with Crippen molar-refractivity contribution >= 4 is 19.2 Å². The van der Waals surface area contributed by atoms with Gasteiger partial charge in [0, 0.05) is 18.1 Å². The van der Waals surface area contributed by atoms with Gasteiger partial charge in [-0.3, -0.25) is 0 Å². The van der Waals surface area contributed by atoms with E-state index >= 15 is 0 Å². The predicted octanol–water partition coefficient (Wildman–Crippen LogP) is 6.25. The lowest BCUT2D eigenvalue weighted by Gasteiger charge is -2.64. The van der Waals surface area contributed by atoms with Gasteiger partial charge in [0.2, 0.25) is 0 Å². The molecule has 0 radical (unpaired) electrons. The third kappa shape index (κ3) is 7.21. The molecule has 2 unspecified atom stereocenters. The van der Waals surface area contributed by atoms with E-state index in [9.17, 15) is 19.1 Å². The van der Waals surface area contributed by atoms with Crippen LogP contribution in [0.25, 0.3) is 0 Å². The van der Waals surface area contributed by atoms with Crippen molar-refractivity contribution in [2.24, 2.45) is 17.3 Å². The monoisotopic (exact) mass is 606 g/mol. The molecule has 11 heteroatoms. The Morgan fingerprint density at radius 3 is 2.35 bits per heavy atom. The van der Waals surface area contributed by atoms with Crippen LogP contribution in [0.3, 0.4) is 0 Å². The van der Waals surface area contributed by atoms with E-state index in [4.69, 9.17) is 28.3 Å². The molecule has 3 saturated carbocycles. The highest BCUT2D eigenvalue weighted by molar-refractivity contribution is 6.45. The highest BCUT2D eigenvalue weighted by Crippen LogP contribution is 2.66. The highest BCUT2D eigenvalue weighted by atomic mass is 19.1. The van der Waals surface area contributed by atoms with Crippen LogP contribution >= 0.6 is 0 Å². The van der Waals surface area contributed by atoms with Crippen LogP contribution in [0.5, 0.6) is 5.75 Å². The fourth-order valence-corrected chi connectivity index (χ4v) is 6.92. The van der Waals surface area contributed by atoms with Crippen LogP contribution in [-0.4, -0.2) is 67.1 Å². The standard InChI is InChI=1S/C32H48BFO9/c1-29(2,3)40-27(36)25-19(18-38-13-12-34)10-11-22(26(25)39-28(37)41-30(4,5)6)20(17-35)16-33-42-24-15-21-14-23(31(21,7)8)32(24,9)43-33/h10-11,20-21,23-24,35H,12-18H2,1-9H3/t20?,21-,23-,24?,32+/m1/s1. The molecule has 1 aromatic rings. The summed E-state index contributed by atoms with van der Waals surface area (Å²) in [6.07, 6.45) is 1.23. The maximum atomic E-state index is 13.6. The van der Waals surface area contributed by atoms with Crippen molar-refractivity contribution < 1.29 is 47.3 Å². The first kappa shape index (κ1) is 33.7. The summed E-state index contributed by atoms with van der Waals surface area (Å²) in [5, 5.41) is 10.6. The van der Waals surface area contributed by atoms with Crippen molar-refractivity contribution in [1.29, 1.82) is 0 Å². The molecule has 3 aliphatic carbocycles. The normalized spacial score (nSPS) is 26.8. The second-order valence-electron chi connectivity index (χ2n) is 14.8. The average Bonchev–Trinajstić information content (AvgIpc) is 3.21. The summed E-state index contributed by atoms with van der Waals surface area (Å²) in [5.41, 5.74) is -1.31. The lowest BCUT2D eigenvalue weighted by molar-refractivity contribution is -0.199. The van der Waals surface area contributed by atoms with Crippen LogP contribution < -0.4 is 4.74 Å². The highest BCUT2D eigenvalue weighted by Gasteiger charge is 2.67. The number of alkyl halides is 1. The summed E-state index contributed by atoms with van der Waals surface area (Å²) in [4.78, 5) is 26.6. The van der Waals surface area contributed by atoms with Gasteiger partial charge in [-0.25, -0.2) is 14.0 Å². The van der Waals surface area contributed by atoms with Crippen LogP contribution in [0.4, 0.5) is 9.18 Å². The van der Waals surface area contributed by atoms with E-state index in [-0.39, 0.29) is 49.0 Å². The zero-order chi connectivity index (χ0) is 32.0. The molecule has 5 atom stereocenters. The number of carbonyl (C=O) groups excluding carboxylic acids is 2. The summed E-state index contributed by atoms with van der Waals surface area (Å²) in [7, 11) is -0.603. The maximum Gasteiger partial charge on any atom is 0.514 e. The predicted molar refractivity (Wildman–Crippen MR) is 159 cm³/mol. The van der Waals surface area contributed by atoms with Crippen molar-refractivity contribution in [1.82, 2.24) is 0 Å². The summed E-state index contributed by atoms with van der Waals surface area (Å²) in [5.74, 6) is -0.527. The lowest BCUT2D eigenvalue weighted by atomic mass is 9.43. The number of halogens is 1. The number of ether oxygens (including phenoxy) is 4. The van der Waals surface area contributed by atoms with Gasteiger partial charge in [-0.2, -0.15) is 0 Å². The Morgan fingerprint density at radius 2 is 1.77 bits per heavy atom. The minimum absolute atomic E-state index is 0.0431. The quantitative estimate of drug-likeness (QED) is 0.143. The lowest BCUT2D eigenvalue weighted by Crippen LogP contribution is -2.65. The minimum Gasteiger partial charge on any atom is -0.456 e. The largest absolute Gasteiger partial charge is 0.514 e. The number of rotatable bonds is 10. The Morgan fingerprint density at radius 1 is 1.09 bits per heavy atom. The van der Waals surface area contributed by atoms with E-state index in [2.05, 4.69) is 20.8 Å². The van der Waals surface area contributed by atoms with Gasteiger partial charge >= 0.3 is 19.2 Å². The maximum absolute atomic E-state index is 13.6. The third-order valence-corrected chi connectivity index (χ3v) is 9.07. The topological polar surface area (TPSA) is 110 Å². The molecule has 1 saturated heterocycles. The van der Waals surface area contributed by atoms with E-state index in [1.54, 1.807) is 53.7 Å². The molecule has 43 heavy (non-hydrogen) atoms. The Hall–Kier alpha value is -2.21. The van der Waals surface area contributed by atoms with Crippen LogP contribution in [0, 0.1) is 17.3 Å². The Kier molecular flexibility index (Phi) is 9.63. The van der Waals surface area contributed by atoms with E-state index in [0.29, 0.717) is 23.0 Å². The van der Waals surface area contributed by atoms with Gasteiger partial charge in [0.25, 0.3) is 0 Å². The van der Waals surface area contributed by atoms with Gasteiger partial charge in [-0.05, 0) is 90.4 Å². The second-order valence-corrected chi connectivity index (χ2v) is 14.8. The molecule has 1 aromatic carbocycles. The molecule has 0 spiro atoms. The first-order valence-electron chi connectivity index (χ1n) is 15.3. The number of carbonyl (C=O) groups is 2. The molecule has 4 aliphatic rings. The second kappa shape index (κ2) is 12.3. The van der Waals surface area contributed by atoms with Crippen molar-refractivity contribution in [3.8, 4) is 5.75 Å². The number of aliphatic hydroxyl groups excluding tert-OH is 1. The molecule has 9 nitrogen and oxygen atoms in total. The first-order valence-corrected chi connectivity index (χ1v) is 15.3. The van der Waals surface area contributed by atoms with E-state index < -0.39 is 48.6 Å². The SMILES string of the molecule is CC(C)(C)OC(=O)Oc1c(C(CO)CB2OC3C[C@H]4C[C@H](C4(C)C)[C@]3(C)O2)ccc(COCCF)c1C(=O)OC(C)(C)C. The minimum atomic E-state index is -1.02. The molecule has 1 N–H and O–H groups in total. The number of hydrogen-bond donors (Lipinski definition) is 1. The summed E-state index contributed by atoms with van der Waals surface area (Å²) < 4.78 is 48.2. The van der Waals surface area contributed by atoms with Gasteiger partial charge in [0.1, 0.15) is 23.4 Å². The van der Waals surface area contributed by atoms with Crippen molar-refractivity contribution in [2.75, 3.05) is 19.9 Å². The van der Waals surface area contributed by atoms with E-state index in [0.717, 1.165) is 12.8 Å². The number of benzene rings is 1. The molecule has 2 bridgehead atoms. The number of hydrogen-bond acceptors (Lipinski definition) is 9. The van der Waals surface area contributed by atoms with E-state index in [1.807, 2.05) is 0 Å². The zero-order valence-electron chi connectivity index (χ0n) is 27.1. The zero-order valence-corrected chi connectivity index (χ0v) is 27.1. The molecule has 1 heterocycles. The number of esters is 1. The molecule has 1 aliphatic heterocycles. The van der Waals surface area contributed by atoms with Crippen molar-refractivity contribution in [3.63, 3.8) is 0 Å². The van der Waals surface area contributed by atoms with Gasteiger partial charge in [-0.1, -0.05) is 26.0 Å². The Labute approximate surface area is 255 Å². The average molecular weight is 607 g/mol. The van der Waals surface area contributed by atoms with Crippen LogP contribution in [0.15, 0.2) is 12.1 Å². The molecular weight excluding hydrogens is 558 g/mol. The smallest absolute Gasteiger partial charge is 0.456 e. The Bertz CT molecular complexity index is 1190. The van der Waals surface area contributed by atoms with Crippen molar-refractivity contribution in [3.05, 3.63) is 28.8 Å². The summed E-state index contributed by atoms with van der Waals surface area (Å²) >= 11 is 0. The van der Waals surface area contributed by atoms with Gasteiger partial charge in [0.15, 0.2) is 5.75 Å². The fourth-order valence-electron chi connectivity index (χ4n) is 6.92. The van der Waals surface area contributed by atoms with Crippen LogP contribution in [-0.2, 0) is 30.1 Å². The molecule has 5 rings (SSSR count). The third-order valence-electron chi connectivity index (χ3n) is 9.07. The summed E-state index contributed by atoms with van der Waals surface area (Å²) in [6.45, 7) is 15.6. The Balaban J connectivity index is 1.71. The van der Waals surface area contributed by atoms with Crippen LogP contribution in [0.2, 0.25) is 6.32 Å².